The van der Waals surface area contributed by atoms with E-state index in [1.807, 2.05) is 60.7 Å². The van der Waals surface area contributed by atoms with E-state index in [0.717, 1.165) is 9.79 Å². The molecule has 0 aliphatic heterocycles. The number of hydrogen-bond acceptors (Lipinski definition) is 2. The molecule has 0 saturated heterocycles. The van der Waals surface area contributed by atoms with Gasteiger partial charge in [0.15, 0.2) is 0 Å². The maximum atomic E-state index is 11.4. The number of carbonyl (C=O) groups is 1. The van der Waals surface area contributed by atoms with Gasteiger partial charge in [-0.15, -0.1) is 0 Å². The average Bonchev–Trinajstić information content (AvgIpc) is 2.46. The Morgan fingerprint density at radius 3 is 1.78 bits per heavy atom. The maximum absolute atomic E-state index is 11.4. The summed E-state index contributed by atoms with van der Waals surface area (Å²) in [6, 6.07) is 19.5. The first kappa shape index (κ1) is 12.5. The van der Waals surface area contributed by atoms with Crippen LogP contribution in [0, 0.1) is 0 Å². The van der Waals surface area contributed by atoms with Gasteiger partial charge in [0.25, 0.3) is 0 Å². The normalized spacial score (nSPS) is 10.6. The molecule has 2 aromatic carbocycles. The lowest BCUT2D eigenvalue weighted by Crippen LogP contribution is -1.99. The van der Waals surface area contributed by atoms with E-state index >= 15 is 0 Å². The van der Waals surface area contributed by atoms with Crippen LogP contribution in [-0.2, 0) is 8.98 Å². The van der Waals surface area contributed by atoms with Crippen molar-refractivity contribution < 1.29 is 8.98 Å². The quantitative estimate of drug-likeness (QED) is 0.667. The standard InChI is InChI=1S/C15H14O2S/c1-2-15(16)17-18(13-9-5-3-6-10-13)14-11-7-4-8-12-14/h2-12,18H,1H2. The molecule has 0 atom stereocenters. The van der Waals surface area contributed by atoms with Gasteiger partial charge in [-0.3, -0.25) is 0 Å². The summed E-state index contributed by atoms with van der Waals surface area (Å²) in [5, 5.41) is 0. The third kappa shape index (κ3) is 3.02. The van der Waals surface area contributed by atoms with Gasteiger partial charge in [-0.2, -0.15) is 0 Å². The number of carbonyl (C=O) groups excluding carboxylic acids is 1. The second kappa shape index (κ2) is 6.07. The van der Waals surface area contributed by atoms with Crippen molar-refractivity contribution in [2.24, 2.45) is 0 Å². The van der Waals surface area contributed by atoms with E-state index in [0.29, 0.717) is 0 Å². The minimum absolute atomic E-state index is 0.395. The molecule has 3 heteroatoms. The first-order valence-corrected chi connectivity index (χ1v) is 6.82. The topological polar surface area (TPSA) is 26.3 Å². The summed E-state index contributed by atoms with van der Waals surface area (Å²) in [6.45, 7) is 3.44. The lowest BCUT2D eigenvalue weighted by molar-refractivity contribution is -0.127. The zero-order valence-electron chi connectivity index (χ0n) is 9.82. The van der Waals surface area contributed by atoms with Crippen molar-refractivity contribution in [3.63, 3.8) is 0 Å². The Morgan fingerprint density at radius 2 is 1.39 bits per heavy atom. The van der Waals surface area contributed by atoms with Gasteiger partial charge in [0.05, 0.1) is 0 Å². The predicted molar refractivity (Wildman–Crippen MR) is 74.7 cm³/mol. The van der Waals surface area contributed by atoms with Gasteiger partial charge in [0, 0.05) is 15.9 Å². The molecule has 2 nitrogen and oxygen atoms in total. The smallest absolute Gasteiger partial charge is 0.340 e. The van der Waals surface area contributed by atoms with Gasteiger partial charge in [-0.05, 0) is 35.4 Å². The Labute approximate surface area is 109 Å². The van der Waals surface area contributed by atoms with E-state index in [1.54, 1.807) is 0 Å². The van der Waals surface area contributed by atoms with Crippen LogP contribution in [0.1, 0.15) is 0 Å². The second-order valence-electron chi connectivity index (χ2n) is 3.58. The molecule has 92 valence electrons. The highest BCUT2D eigenvalue weighted by Gasteiger charge is 2.12. The van der Waals surface area contributed by atoms with Crippen LogP contribution in [0.25, 0.3) is 0 Å². The van der Waals surface area contributed by atoms with E-state index in [1.165, 1.54) is 6.08 Å². The molecule has 0 bridgehead atoms. The van der Waals surface area contributed by atoms with Crippen LogP contribution in [0.15, 0.2) is 83.1 Å². The van der Waals surface area contributed by atoms with Crippen LogP contribution in [0.4, 0.5) is 0 Å². The van der Waals surface area contributed by atoms with Crippen molar-refractivity contribution in [1.29, 1.82) is 0 Å². The molecular weight excluding hydrogens is 244 g/mol. The Morgan fingerprint density at radius 1 is 0.944 bits per heavy atom. The molecule has 0 aliphatic carbocycles. The molecule has 2 aromatic rings. The molecule has 0 amide bonds. The van der Waals surface area contributed by atoms with Crippen LogP contribution >= 0.6 is 11.2 Å². The summed E-state index contributed by atoms with van der Waals surface area (Å²) < 4.78 is 5.48. The molecule has 18 heavy (non-hydrogen) atoms. The summed E-state index contributed by atoms with van der Waals surface area (Å²) in [4.78, 5) is 13.5. The van der Waals surface area contributed by atoms with E-state index in [9.17, 15) is 4.79 Å². The number of rotatable bonds is 4. The SMILES string of the molecule is C=CC(=O)O[SH](c1ccccc1)c1ccccc1. The minimum atomic E-state index is -1.12. The molecule has 0 fully saturated rings. The minimum Gasteiger partial charge on any atom is -0.406 e. The third-order valence-corrected chi connectivity index (χ3v) is 4.23. The van der Waals surface area contributed by atoms with Crippen LogP contribution in [0.5, 0.6) is 0 Å². The molecule has 0 spiro atoms. The summed E-state index contributed by atoms with van der Waals surface area (Å²) in [6.07, 6.45) is 1.20. The number of benzene rings is 2. The van der Waals surface area contributed by atoms with E-state index in [-0.39, 0.29) is 0 Å². The van der Waals surface area contributed by atoms with Crippen molar-refractivity contribution in [2.45, 2.75) is 9.79 Å². The molecule has 2 rings (SSSR count). The van der Waals surface area contributed by atoms with Gasteiger partial charge in [0.2, 0.25) is 0 Å². The van der Waals surface area contributed by atoms with Gasteiger partial charge >= 0.3 is 5.97 Å². The first-order valence-electron chi connectivity index (χ1n) is 5.56. The predicted octanol–water partition coefficient (Wildman–Crippen LogP) is 3.75. The van der Waals surface area contributed by atoms with Crippen molar-refractivity contribution in [1.82, 2.24) is 0 Å². The van der Waals surface area contributed by atoms with Crippen molar-refractivity contribution >= 4 is 17.1 Å². The Kier molecular flexibility index (Phi) is 4.20. The van der Waals surface area contributed by atoms with Crippen molar-refractivity contribution in [3.05, 3.63) is 73.3 Å². The van der Waals surface area contributed by atoms with Crippen LogP contribution < -0.4 is 0 Å². The third-order valence-electron chi connectivity index (χ3n) is 2.33. The summed E-state index contributed by atoms with van der Waals surface area (Å²) in [5.41, 5.74) is 0. The highest BCUT2D eigenvalue weighted by atomic mass is 32.2. The number of hydrogen-bond donors (Lipinski definition) is 1. The van der Waals surface area contributed by atoms with Gasteiger partial charge in [0.1, 0.15) is 0 Å². The maximum Gasteiger partial charge on any atom is 0.340 e. The fourth-order valence-corrected chi connectivity index (χ4v) is 3.16. The lowest BCUT2D eigenvalue weighted by Gasteiger charge is -2.21. The fraction of sp³-hybridized carbons (Fsp3) is 0. The van der Waals surface area contributed by atoms with Crippen molar-refractivity contribution in [2.75, 3.05) is 0 Å². The zero-order valence-corrected chi connectivity index (χ0v) is 10.7. The lowest BCUT2D eigenvalue weighted by atomic mass is 10.4. The monoisotopic (exact) mass is 258 g/mol. The van der Waals surface area contributed by atoms with Gasteiger partial charge < -0.3 is 4.18 Å². The zero-order chi connectivity index (χ0) is 12.8. The van der Waals surface area contributed by atoms with E-state index < -0.39 is 17.1 Å². The molecule has 0 saturated carbocycles. The van der Waals surface area contributed by atoms with Gasteiger partial charge in [-0.1, -0.05) is 43.0 Å². The van der Waals surface area contributed by atoms with Gasteiger partial charge in [-0.25, -0.2) is 4.79 Å². The number of thiol groups is 1. The van der Waals surface area contributed by atoms with Crippen molar-refractivity contribution in [3.8, 4) is 0 Å². The largest absolute Gasteiger partial charge is 0.406 e. The van der Waals surface area contributed by atoms with E-state index in [2.05, 4.69) is 6.58 Å². The summed E-state index contributed by atoms with van der Waals surface area (Å²) in [5.74, 6) is -0.395. The summed E-state index contributed by atoms with van der Waals surface area (Å²) in [7, 11) is 0. The fourth-order valence-electron chi connectivity index (χ4n) is 1.51. The second-order valence-corrected chi connectivity index (χ2v) is 5.38. The summed E-state index contributed by atoms with van der Waals surface area (Å²) >= 11 is -1.12. The van der Waals surface area contributed by atoms with Crippen LogP contribution in [0.3, 0.4) is 0 Å². The molecule has 0 unspecified atom stereocenters. The molecule has 0 N–H and O–H groups in total. The Balaban J connectivity index is 2.35. The molecule has 0 radical (unpaired) electrons. The highest BCUT2D eigenvalue weighted by molar-refractivity contribution is 8.13. The highest BCUT2D eigenvalue weighted by Crippen LogP contribution is 2.45. The first-order chi connectivity index (χ1) is 8.81. The molecular formula is C15H14O2S. The molecule has 0 aromatic heterocycles. The molecule has 0 aliphatic rings. The van der Waals surface area contributed by atoms with Crippen LogP contribution in [0.2, 0.25) is 0 Å². The van der Waals surface area contributed by atoms with E-state index in [4.69, 9.17) is 4.18 Å². The Hall–Kier alpha value is -2.00. The molecule has 0 heterocycles. The van der Waals surface area contributed by atoms with Crippen LogP contribution in [-0.4, -0.2) is 5.97 Å². The average molecular weight is 258 g/mol. The Bertz CT molecular complexity index is 483.